The SMILES string of the molecule is COc1ccc(C(=O)N2CCCC23CCCN(C2CCC(O)CC2)C3=O)cc1O. The van der Waals surface area contributed by atoms with Crippen LogP contribution >= 0.6 is 0 Å². The lowest BCUT2D eigenvalue weighted by Gasteiger charge is -2.48. The molecule has 1 atom stereocenters. The zero-order valence-electron chi connectivity index (χ0n) is 17.0. The van der Waals surface area contributed by atoms with Crippen LogP contribution in [0.25, 0.3) is 0 Å². The lowest BCUT2D eigenvalue weighted by molar-refractivity contribution is -0.149. The van der Waals surface area contributed by atoms with E-state index in [4.69, 9.17) is 4.74 Å². The third-order valence-corrected chi connectivity index (χ3v) is 6.92. The number of phenolic OH excluding ortho intramolecular Hbond substituents is 1. The van der Waals surface area contributed by atoms with Crippen LogP contribution in [0.3, 0.4) is 0 Å². The van der Waals surface area contributed by atoms with Crippen molar-refractivity contribution in [1.29, 1.82) is 0 Å². The Morgan fingerprint density at radius 3 is 2.48 bits per heavy atom. The molecule has 0 bridgehead atoms. The van der Waals surface area contributed by atoms with Crippen LogP contribution in [0.5, 0.6) is 11.5 Å². The Morgan fingerprint density at radius 2 is 1.83 bits per heavy atom. The molecule has 2 saturated heterocycles. The van der Waals surface area contributed by atoms with Crippen molar-refractivity contribution in [3.8, 4) is 11.5 Å². The number of phenols is 1. The number of rotatable bonds is 3. The Labute approximate surface area is 171 Å². The van der Waals surface area contributed by atoms with Crippen molar-refractivity contribution in [2.45, 2.75) is 69.1 Å². The number of carbonyl (C=O) groups excluding carboxylic acids is 2. The second kappa shape index (κ2) is 7.86. The van der Waals surface area contributed by atoms with Gasteiger partial charge in [0.25, 0.3) is 5.91 Å². The molecule has 1 spiro atoms. The zero-order valence-corrected chi connectivity index (χ0v) is 17.0. The Bertz CT molecular complexity index is 789. The molecule has 1 aliphatic carbocycles. The Kier molecular flexibility index (Phi) is 5.42. The smallest absolute Gasteiger partial charge is 0.254 e. The van der Waals surface area contributed by atoms with Gasteiger partial charge in [-0.3, -0.25) is 9.59 Å². The van der Waals surface area contributed by atoms with Crippen molar-refractivity contribution in [3.05, 3.63) is 23.8 Å². The highest BCUT2D eigenvalue weighted by Gasteiger charge is 2.53. The Balaban J connectivity index is 1.58. The Hall–Kier alpha value is -2.28. The number of amides is 2. The zero-order chi connectivity index (χ0) is 20.6. The van der Waals surface area contributed by atoms with E-state index in [1.807, 2.05) is 4.90 Å². The summed E-state index contributed by atoms with van der Waals surface area (Å²) < 4.78 is 5.07. The van der Waals surface area contributed by atoms with Crippen molar-refractivity contribution in [2.24, 2.45) is 0 Å². The number of hydrogen-bond donors (Lipinski definition) is 2. The standard InChI is InChI=1S/C22H30N2O5/c1-29-19-9-4-15(14-18(19)26)20(27)24-13-3-11-22(24)10-2-12-23(21(22)28)16-5-7-17(25)8-6-16/h4,9,14,16-17,25-26H,2-3,5-8,10-13H2,1H3. The van der Waals surface area contributed by atoms with Crippen LogP contribution in [0.15, 0.2) is 18.2 Å². The van der Waals surface area contributed by atoms with Crippen molar-refractivity contribution in [1.82, 2.24) is 9.80 Å². The van der Waals surface area contributed by atoms with Gasteiger partial charge >= 0.3 is 0 Å². The molecular formula is C22H30N2O5. The maximum Gasteiger partial charge on any atom is 0.254 e. The summed E-state index contributed by atoms with van der Waals surface area (Å²) in [6.07, 6.45) is 5.90. The number of aliphatic hydroxyl groups is 1. The number of methoxy groups -OCH3 is 1. The lowest BCUT2D eigenvalue weighted by Crippen LogP contribution is -2.63. The van der Waals surface area contributed by atoms with Gasteiger partial charge in [-0.2, -0.15) is 0 Å². The van der Waals surface area contributed by atoms with E-state index >= 15 is 0 Å². The van der Waals surface area contributed by atoms with Gasteiger partial charge < -0.3 is 24.7 Å². The molecule has 7 heteroatoms. The van der Waals surface area contributed by atoms with E-state index in [2.05, 4.69) is 0 Å². The third-order valence-electron chi connectivity index (χ3n) is 6.92. The van der Waals surface area contributed by atoms with Gasteiger partial charge in [-0.15, -0.1) is 0 Å². The van der Waals surface area contributed by atoms with E-state index in [0.29, 0.717) is 30.7 Å². The summed E-state index contributed by atoms with van der Waals surface area (Å²) in [5.74, 6) is 0.0875. The largest absolute Gasteiger partial charge is 0.504 e. The van der Waals surface area contributed by atoms with Crippen LogP contribution in [0.2, 0.25) is 0 Å². The number of hydrogen-bond acceptors (Lipinski definition) is 5. The van der Waals surface area contributed by atoms with E-state index in [0.717, 1.165) is 45.1 Å². The van der Waals surface area contributed by atoms with Crippen molar-refractivity contribution in [3.63, 3.8) is 0 Å². The molecule has 4 rings (SSSR count). The van der Waals surface area contributed by atoms with Crippen molar-refractivity contribution in [2.75, 3.05) is 20.2 Å². The maximum atomic E-state index is 13.6. The number of aromatic hydroxyl groups is 1. The number of ether oxygens (including phenoxy) is 1. The number of likely N-dealkylation sites (tertiary alicyclic amines) is 2. The van der Waals surface area contributed by atoms with Crippen LogP contribution in [0.1, 0.15) is 61.7 Å². The van der Waals surface area contributed by atoms with Gasteiger partial charge in [-0.1, -0.05) is 0 Å². The normalized spacial score (nSPS) is 30.1. The van der Waals surface area contributed by atoms with Crippen LogP contribution in [-0.2, 0) is 4.79 Å². The van der Waals surface area contributed by atoms with E-state index in [1.54, 1.807) is 17.0 Å². The van der Waals surface area contributed by atoms with Crippen LogP contribution in [0, 0.1) is 0 Å². The molecule has 2 N–H and O–H groups in total. The summed E-state index contributed by atoms with van der Waals surface area (Å²) in [6, 6.07) is 4.79. The minimum absolute atomic E-state index is 0.0636. The first-order chi connectivity index (χ1) is 14.0. The molecule has 0 radical (unpaired) electrons. The highest BCUT2D eigenvalue weighted by molar-refractivity contribution is 6.00. The minimum Gasteiger partial charge on any atom is -0.504 e. The summed E-state index contributed by atoms with van der Waals surface area (Å²) in [6.45, 7) is 1.28. The number of carbonyl (C=O) groups is 2. The quantitative estimate of drug-likeness (QED) is 0.810. The molecule has 2 heterocycles. The molecule has 158 valence electrons. The average molecular weight is 402 g/mol. The second-order valence-corrected chi connectivity index (χ2v) is 8.54. The predicted molar refractivity (Wildman–Crippen MR) is 107 cm³/mol. The van der Waals surface area contributed by atoms with Gasteiger partial charge in [0.15, 0.2) is 11.5 Å². The number of nitrogens with zero attached hydrogens (tertiary/aromatic N) is 2. The molecule has 3 aliphatic rings. The summed E-state index contributed by atoms with van der Waals surface area (Å²) >= 11 is 0. The van der Waals surface area contributed by atoms with Crippen molar-refractivity contribution >= 4 is 11.8 Å². The first-order valence-corrected chi connectivity index (χ1v) is 10.6. The molecule has 2 aliphatic heterocycles. The highest BCUT2D eigenvalue weighted by Crippen LogP contribution is 2.41. The van der Waals surface area contributed by atoms with Crippen LogP contribution in [-0.4, -0.2) is 69.7 Å². The maximum absolute atomic E-state index is 13.6. The summed E-state index contributed by atoms with van der Waals surface area (Å²) in [7, 11) is 1.46. The number of aliphatic hydroxyl groups excluding tert-OH is 1. The fraction of sp³-hybridized carbons (Fsp3) is 0.636. The third kappa shape index (κ3) is 3.45. The van der Waals surface area contributed by atoms with Crippen molar-refractivity contribution < 1.29 is 24.5 Å². The molecule has 0 aromatic heterocycles. The summed E-state index contributed by atoms with van der Waals surface area (Å²) in [5, 5.41) is 19.9. The molecule has 29 heavy (non-hydrogen) atoms. The minimum atomic E-state index is -0.777. The second-order valence-electron chi connectivity index (χ2n) is 8.54. The van der Waals surface area contributed by atoms with Gasteiger partial charge in [-0.25, -0.2) is 0 Å². The highest BCUT2D eigenvalue weighted by atomic mass is 16.5. The average Bonchev–Trinajstić information content (AvgIpc) is 3.14. The molecule has 1 aromatic carbocycles. The van der Waals surface area contributed by atoms with E-state index in [9.17, 15) is 19.8 Å². The Morgan fingerprint density at radius 1 is 1.14 bits per heavy atom. The molecule has 1 saturated carbocycles. The topological polar surface area (TPSA) is 90.3 Å². The van der Waals surface area contributed by atoms with Gasteiger partial charge in [0.2, 0.25) is 5.91 Å². The molecular weight excluding hydrogens is 372 g/mol. The van der Waals surface area contributed by atoms with Crippen LogP contribution < -0.4 is 4.74 Å². The van der Waals surface area contributed by atoms with E-state index in [1.165, 1.54) is 13.2 Å². The monoisotopic (exact) mass is 402 g/mol. The number of benzene rings is 1. The van der Waals surface area contributed by atoms with Gasteiger partial charge in [0, 0.05) is 24.7 Å². The van der Waals surface area contributed by atoms with Crippen LogP contribution in [0.4, 0.5) is 0 Å². The van der Waals surface area contributed by atoms with E-state index in [-0.39, 0.29) is 29.7 Å². The van der Waals surface area contributed by atoms with Gasteiger partial charge in [0.1, 0.15) is 5.54 Å². The summed E-state index contributed by atoms with van der Waals surface area (Å²) in [5.41, 5.74) is -0.406. The lowest BCUT2D eigenvalue weighted by atomic mass is 9.82. The molecule has 7 nitrogen and oxygen atoms in total. The predicted octanol–water partition coefficient (Wildman–Crippen LogP) is 2.30. The van der Waals surface area contributed by atoms with E-state index < -0.39 is 5.54 Å². The fourth-order valence-electron chi connectivity index (χ4n) is 5.37. The summed E-state index contributed by atoms with van der Waals surface area (Å²) in [4.78, 5) is 30.7. The first-order valence-electron chi connectivity index (χ1n) is 10.6. The number of piperidine rings is 1. The van der Waals surface area contributed by atoms with Gasteiger partial charge in [-0.05, 0) is 69.6 Å². The fourth-order valence-corrected chi connectivity index (χ4v) is 5.37. The molecule has 1 unspecified atom stereocenters. The molecule has 2 amide bonds. The van der Waals surface area contributed by atoms with Gasteiger partial charge in [0.05, 0.1) is 13.2 Å². The first kappa shape index (κ1) is 20.0. The molecule has 3 fully saturated rings. The molecule has 1 aromatic rings.